The van der Waals surface area contributed by atoms with E-state index in [1.54, 1.807) is 0 Å². The first-order chi connectivity index (χ1) is 9.66. The van der Waals surface area contributed by atoms with E-state index in [2.05, 4.69) is 43.5 Å². The van der Waals surface area contributed by atoms with E-state index in [0.717, 1.165) is 32.1 Å². The second kappa shape index (κ2) is 5.97. The van der Waals surface area contributed by atoms with Crippen molar-refractivity contribution in [3.05, 3.63) is 48.4 Å². The average Bonchev–Trinajstić information content (AvgIpc) is 2.96. The topological polar surface area (TPSA) is 45.8 Å². The van der Waals surface area contributed by atoms with Gasteiger partial charge in [0.1, 0.15) is 5.82 Å². The first-order valence-electron chi connectivity index (χ1n) is 6.71. The number of nitrogens with one attached hydrogen (secondary N) is 1. The molecule has 0 atom stereocenters. The molecule has 104 valence electrons. The van der Waals surface area contributed by atoms with Crippen LogP contribution < -0.4 is 5.56 Å². The minimum absolute atomic E-state index is 0.0340. The van der Waals surface area contributed by atoms with Crippen molar-refractivity contribution in [1.29, 1.82) is 0 Å². The number of halogens is 2. The van der Waals surface area contributed by atoms with Crippen molar-refractivity contribution in [3.63, 3.8) is 0 Å². The third-order valence-electron chi connectivity index (χ3n) is 3.76. The Morgan fingerprint density at radius 2 is 1.95 bits per heavy atom. The molecule has 0 unspecified atom stereocenters. The number of rotatable bonds is 2. The van der Waals surface area contributed by atoms with Crippen LogP contribution in [0.2, 0.25) is 0 Å². The van der Waals surface area contributed by atoms with E-state index in [0.29, 0.717) is 11.7 Å². The first-order valence-corrected chi connectivity index (χ1v) is 8.58. The van der Waals surface area contributed by atoms with Crippen molar-refractivity contribution in [2.75, 3.05) is 0 Å². The molecule has 0 amide bonds. The lowest BCUT2D eigenvalue weighted by molar-refractivity contribution is 0.687. The van der Waals surface area contributed by atoms with Crippen molar-refractivity contribution < 1.29 is 0 Å². The van der Waals surface area contributed by atoms with Gasteiger partial charge in [-0.15, -0.1) is 0 Å². The molecule has 20 heavy (non-hydrogen) atoms. The Morgan fingerprint density at radius 1 is 1.25 bits per heavy atom. The van der Waals surface area contributed by atoms with E-state index in [4.69, 9.17) is 4.98 Å². The van der Waals surface area contributed by atoms with Crippen molar-refractivity contribution >= 4 is 38.5 Å². The summed E-state index contributed by atoms with van der Waals surface area (Å²) >= 11 is 5.64. The normalized spacial score (nSPS) is 15.7. The maximum absolute atomic E-state index is 12.2. The van der Waals surface area contributed by atoms with E-state index < -0.39 is 0 Å². The summed E-state index contributed by atoms with van der Waals surface area (Å²) in [7, 11) is 0. The van der Waals surface area contributed by atoms with Gasteiger partial charge in [0.2, 0.25) is 0 Å². The van der Waals surface area contributed by atoms with Gasteiger partial charge in [0.05, 0.1) is 9.26 Å². The van der Waals surface area contributed by atoms with Gasteiger partial charge in [-0.25, -0.2) is 4.98 Å². The lowest BCUT2D eigenvalue weighted by Crippen LogP contribution is -2.18. The van der Waals surface area contributed by atoms with Crippen LogP contribution in [-0.2, 0) is 0 Å². The van der Waals surface area contributed by atoms with Crippen LogP contribution in [0, 0.1) is 3.57 Å². The highest BCUT2D eigenvalue weighted by Gasteiger charge is 2.23. The van der Waals surface area contributed by atoms with Crippen LogP contribution in [0.3, 0.4) is 0 Å². The molecule has 2 aromatic rings. The van der Waals surface area contributed by atoms with E-state index in [9.17, 15) is 4.79 Å². The molecule has 3 rings (SSSR count). The van der Waals surface area contributed by atoms with E-state index >= 15 is 0 Å². The predicted octanol–water partition coefficient (Wildman–Crippen LogP) is 4.46. The molecular formula is C15H14BrIN2O. The molecule has 0 saturated heterocycles. The molecule has 1 saturated carbocycles. The SMILES string of the molecule is O=c1[nH]c(-c2ccccc2Br)nc(C2CCCC2)c1I. The Kier molecular flexibility index (Phi) is 4.26. The number of hydrogen-bond donors (Lipinski definition) is 1. The number of H-pyrrole nitrogens is 1. The van der Waals surface area contributed by atoms with Gasteiger partial charge in [0.15, 0.2) is 0 Å². The second-order valence-corrected chi connectivity index (χ2v) is 7.01. The molecule has 1 N–H and O–H groups in total. The highest BCUT2D eigenvalue weighted by Crippen LogP contribution is 2.35. The summed E-state index contributed by atoms with van der Waals surface area (Å²) in [5, 5.41) is 0. The summed E-state index contributed by atoms with van der Waals surface area (Å²) in [4.78, 5) is 19.8. The Hall–Kier alpha value is -0.690. The second-order valence-electron chi connectivity index (χ2n) is 5.07. The largest absolute Gasteiger partial charge is 0.306 e. The maximum atomic E-state index is 12.2. The van der Waals surface area contributed by atoms with Crippen LogP contribution in [0.5, 0.6) is 0 Å². The zero-order chi connectivity index (χ0) is 14.1. The molecule has 1 fully saturated rings. The number of aromatic amines is 1. The molecule has 0 aliphatic heterocycles. The molecule has 0 spiro atoms. The molecule has 1 aliphatic carbocycles. The maximum Gasteiger partial charge on any atom is 0.264 e. The van der Waals surface area contributed by atoms with Crippen molar-refractivity contribution in [2.45, 2.75) is 31.6 Å². The molecule has 1 aromatic carbocycles. The highest BCUT2D eigenvalue weighted by atomic mass is 127. The quantitative estimate of drug-likeness (QED) is 0.695. The van der Waals surface area contributed by atoms with E-state index in [-0.39, 0.29) is 5.56 Å². The van der Waals surface area contributed by atoms with Crippen molar-refractivity contribution in [3.8, 4) is 11.4 Å². The summed E-state index contributed by atoms with van der Waals surface area (Å²) in [5.74, 6) is 1.09. The fraction of sp³-hybridized carbons (Fsp3) is 0.333. The van der Waals surface area contributed by atoms with E-state index in [1.165, 1.54) is 12.8 Å². The van der Waals surface area contributed by atoms with Crippen LogP contribution in [0.15, 0.2) is 33.5 Å². The van der Waals surface area contributed by atoms with Crippen molar-refractivity contribution in [1.82, 2.24) is 9.97 Å². The fourth-order valence-corrected chi connectivity index (χ4v) is 3.90. The van der Waals surface area contributed by atoms with Crippen LogP contribution in [0.4, 0.5) is 0 Å². The van der Waals surface area contributed by atoms with Crippen LogP contribution in [0.1, 0.15) is 37.3 Å². The number of benzene rings is 1. The van der Waals surface area contributed by atoms with E-state index in [1.807, 2.05) is 24.3 Å². The van der Waals surface area contributed by atoms with Crippen LogP contribution >= 0.6 is 38.5 Å². The lowest BCUT2D eigenvalue weighted by Gasteiger charge is -2.12. The molecular weight excluding hydrogens is 431 g/mol. The summed E-state index contributed by atoms with van der Waals surface area (Å²) in [5.41, 5.74) is 1.87. The Bertz CT molecular complexity index is 693. The highest BCUT2D eigenvalue weighted by molar-refractivity contribution is 14.1. The summed E-state index contributed by atoms with van der Waals surface area (Å²) < 4.78 is 1.69. The fourth-order valence-electron chi connectivity index (χ4n) is 2.73. The average molecular weight is 445 g/mol. The number of hydrogen-bond acceptors (Lipinski definition) is 2. The van der Waals surface area contributed by atoms with Crippen molar-refractivity contribution in [2.24, 2.45) is 0 Å². The Labute approximate surface area is 139 Å². The minimum Gasteiger partial charge on any atom is -0.306 e. The van der Waals surface area contributed by atoms with Crippen LogP contribution in [-0.4, -0.2) is 9.97 Å². The first kappa shape index (κ1) is 14.3. The third kappa shape index (κ3) is 2.70. The van der Waals surface area contributed by atoms with Gasteiger partial charge in [0, 0.05) is 16.0 Å². The smallest absolute Gasteiger partial charge is 0.264 e. The molecule has 3 nitrogen and oxygen atoms in total. The lowest BCUT2D eigenvalue weighted by atomic mass is 10.0. The van der Waals surface area contributed by atoms with Gasteiger partial charge in [-0.05, 0) is 41.5 Å². The number of nitrogens with zero attached hydrogens (tertiary/aromatic N) is 1. The minimum atomic E-state index is -0.0340. The summed E-state index contributed by atoms with van der Waals surface area (Å²) in [6.07, 6.45) is 4.75. The zero-order valence-corrected chi connectivity index (χ0v) is 14.6. The summed E-state index contributed by atoms with van der Waals surface area (Å²) in [6.45, 7) is 0. The molecule has 1 aromatic heterocycles. The molecule has 5 heteroatoms. The monoisotopic (exact) mass is 444 g/mol. The standard InChI is InChI=1S/C15H14BrIN2O/c16-11-8-4-3-7-10(11)14-18-13(9-5-1-2-6-9)12(17)15(20)19-14/h3-4,7-9H,1-2,5-6H2,(H,18,19,20). The molecule has 0 bridgehead atoms. The Balaban J connectivity index is 2.14. The van der Waals surface area contributed by atoms with Gasteiger partial charge in [-0.3, -0.25) is 4.79 Å². The third-order valence-corrected chi connectivity index (χ3v) is 5.49. The summed E-state index contributed by atoms with van der Waals surface area (Å²) in [6, 6.07) is 7.83. The van der Waals surface area contributed by atoms with Gasteiger partial charge >= 0.3 is 0 Å². The van der Waals surface area contributed by atoms with Gasteiger partial charge in [0.25, 0.3) is 5.56 Å². The molecule has 1 heterocycles. The van der Waals surface area contributed by atoms with Crippen LogP contribution in [0.25, 0.3) is 11.4 Å². The van der Waals surface area contributed by atoms with Gasteiger partial charge < -0.3 is 4.98 Å². The van der Waals surface area contributed by atoms with Gasteiger partial charge in [-0.1, -0.05) is 47.0 Å². The molecule has 1 aliphatic rings. The predicted molar refractivity (Wildman–Crippen MR) is 91.9 cm³/mol. The number of aromatic nitrogens is 2. The Morgan fingerprint density at radius 3 is 2.65 bits per heavy atom. The van der Waals surface area contributed by atoms with Gasteiger partial charge in [-0.2, -0.15) is 0 Å². The molecule has 0 radical (unpaired) electrons. The zero-order valence-electron chi connectivity index (χ0n) is 10.8.